The highest BCUT2D eigenvalue weighted by molar-refractivity contribution is 8.00. The highest BCUT2D eigenvalue weighted by Crippen LogP contribution is 2.38. The first-order chi connectivity index (χ1) is 16.1. The second kappa shape index (κ2) is 10.6. The molecule has 2 aromatic carbocycles. The van der Waals surface area contributed by atoms with Crippen molar-refractivity contribution in [3.63, 3.8) is 0 Å². The topological polar surface area (TPSA) is 90.3 Å². The van der Waals surface area contributed by atoms with E-state index in [-0.39, 0.29) is 11.9 Å². The van der Waals surface area contributed by atoms with Crippen LogP contribution in [-0.2, 0) is 11.2 Å². The van der Waals surface area contributed by atoms with Gasteiger partial charge in [-0.1, -0.05) is 30.8 Å². The Balaban J connectivity index is 1.60. The first-order valence-electron chi connectivity index (χ1n) is 11.3. The minimum Gasteiger partial charge on any atom is -0.494 e. The number of aryl methyl sites for hydroxylation is 1. The fourth-order valence-corrected chi connectivity index (χ4v) is 4.79. The monoisotopic (exact) mass is 467 g/mol. The number of rotatable bonds is 9. The molecule has 2 heterocycles. The van der Waals surface area contributed by atoms with Crippen LogP contribution in [0.3, 0.4) is 0 Å². The van der Waals surface area contributed by atoms with Crippen molar-refractivity contribution in [2.45, 2.75) is 50.1 Å². The van der Waals surface area contributed by atoms with Gasteiger partial charge in [0.2, 0.25) is 11.1 Å². The van der Waals surface area contributed by atoms with Crippen LogP contribution in [0.25, 0.3) is 0 Å². The van der Waals surface area contributed by atoms with Crippen LogP contribution in [0.1, 0.15) is 44.6 Å². The fourth-order valence-electron chi connectivity index (χ4n) is 3.69. The van der Waals surface area contributed by atoms with Crippen molar-refractivity contribution in [1.82, 2.24) is 14.9 Å². The number of amides is 1. The summed E-state index contributed by atoms with van der Waals surface area (Å²) in [6.07, 6.45) is 1.76. The van der Waals surface area contributed by atoms with E-state index < -0.39 is 5.25 Å². The summed E-state index contributed by atoms with van der Waals surface area (Å²) < 4.78 is 13.0. The number of hydrogen-bond donors (Lipinski definition) is 2. The standard InChI is InChI=1S/C24H29N5O3S/c1-4-7-20-26-27-24-29(20)28-21(16-8-12-18(13-9-16)31-5-2)22(33-24)23(30)25-17-10-14-19(15-11-17)32-6-3/h8-15,21-22,28H,4-7H2,1-3H3,(H,25,30). The molecule has 3 aromatic rings. The number of benzene rings is 2. The molecule has 8 nitrogen and oxygen atoms in total. The van der Waals surface area contributed by atoms with E-state index in [0.717, 1.165) is 35.7 Å². The van der Waals surface area contributed by atoms with Crippen LogP contribution in [0.4, 0.5) is 5.69 Å². The molecule has 0 fully saturated rings. The predicted octanol–water partition coefficient (Wildman–Crippen LogP) is 4.43. The van der Waals surface area contributed by atoms with Crippen LogP contribution in [0.5, 0.6) is 11.5 Å². The highest BCUT2D eigenvalue weighted by Gasteiger charge is 2.37. The lowest BCUT2D eigenvalue weighted by atomic mass is 10.0. The highest BCUT2D eigenvalue weighted by atomic mass is 32.2. The Morgan fingerprint density at radius 2 is 1.64 bits per heavy atom. The van der Waals surface area contributed by atoms with E-state index in [1.807, 2.05) is 67.1 Å². The molecule has 0 radical (unpaired) electrons. The fraction of sp³-hybridized carbons (Fsp3) is 0.375. The second-order valence-corrected chi connectivity index (χ2v) is 8.69. The summed E-state index contributed by atoms with van der Waals surface area (Å²) in [5.74, 6) is 2.33. The van der Waals surface area contributed by atoms with Gasteiger partial charge in [0.15, 0.2) is 5.82 Å². The first-order valence-corrected chi connectivity index (χ1v) is 12.1. The van der Waals surface area contributed by atoms with Crippen molar-refractivity contribution in [3.8, 4) is 11.5 Å². The number of ether oxygens (including phenoxy) is 2. The number of fused-ring (bicyclic) bond motifs is 1. The molecule has 0 saturated heterocycles. The van der Waals surface area contributed by atoms with Gasteiger partial charge in [0.05, 0.1) is 19.3 Å². The number of anilines is 1. The molecule has 2 N–H and O–H groups in total. The zero-order valence-electron chi connectivity index (χ0n) is 19.1. The molecule has 0 aliphatic carbocycles. The lowest BCUT2D eigenvalue weighted by molar-refractivity contribution is -0.116. The summed E-state index contributed by atoms with van der Waals surface area (Å²) >= 11 is 1.42. The summed E-state index contributed by atoms with van der Waals surface area (Å²) in [5.41, 5.74) is 5.19. The Morgan fingerprint density at radius 3 is 2.24 bits per heavy atom. The maximum Gasteiger partial charge on any atom is 0.240 e. The normalized spacial score (nSPS) is 17.1. The van der Waals surface area contributed by atoms with Crippen molar-refractivity contribution < 1.29 is 14.3 Å². The Labute approximate surface area is 198 Å². The van der Waals surface area contributed by atoms with Crippen molar-refractivity contribution in [1.29, 1.82) is 0 Å². The van der Waals surface area contributed by atoms with Gasteiger partial charge in [-0.05, 0) is 62.2 Å². The molecular weight excluding hydrogens is 438 g/mol. The van der Waals surface area contributed by atoms with Gasteiger partial charge in [-0.2, -0.15) is 0 Å². The van der Waals surface area contributed by atoms with Crippen LogP contribution in [0.15, 0.2) is 53.7 Å². The van der Waals surface area contributed by atoms with Crippen molar-refractivity contribution >= 4 is 23.4 Å². The van der Waals surface area contributed by atoms with Crippen molar-refractivity contribution in [2.75, 3.05) is 24.0 Å². The molecule has 2 unspecified atom stereocenters. The maximum atomic E-state index is 13.4. The van der Waals surface area contributed by atoms with Crippen molar-refractivity contribution in [3.05, 3.63) is 59.9 Å². The second-order valence-electron chi connectivity index (χ2n) is 7.58. The largest absolute Gasteiger partial charge is 0.494 e. The van der Waals surface area contributed by atoms with E-state index in [2.05, 4.69) is 27.9 Å². The molecule has 2 atom stereocenters. The van der Waals surface area contributed by atoms with Crippen molar-refractivity contribution in [2.24, 2.45) is 0 Å². The quantitative estimate of drug-likeness (QED) is 0.481. The molecule has 33 heavy (non-hydrogen) atoms. The molecule has 0 saturated carbocycles. The van der Waals surface area contributed by atoms with Gasteiger partial charge in [0.1, 0.15) is 16.7 Å². The van der Waals surface area contributed by atoms with Crippen LogP contribution in [-0.4, -0.2) is 39.2 Å². The first kappa shape index (κ1) is 23.0. The Bertz CT molecular complexity index is 1070. The number of nitrogens with one attached hydrogen (secondary N) is 2. The minimum atomic E-state index is -0.444. The minimum absolute atomic E-state index is 0.109. The van der Waals surface area contributed by atoms with Gasteiger partial charge in [0.25, 0.3) is 0 Å². The molecule has 1 amide bonds. The Hall–Kier alpha value is -3.20. The van der Waals surface area contributed by atoms with Gasteiger partial charge in [-0.15, -0.1) is 10.2 Å². The van der Waals surface area contributed by atoms with E-state index in [1.165, 1.54) is 11.8 Å². The molecule has 4 rings (SSSR count). The molecule has 0 bridgehead atoms. The lowest BCUT2D eigenvalue weighted by Gasteiger charge is -2.33. The molecule has 1 aliphatic rings. The zero-order chi connectivity index (χ0) is 23.2. The summed E-state index contributed by atoms with van der Waals surface area (Å²) in [6.45, 7) is 7.20. The molecule has 1 aliphatic heterocycles. The van der Waals surface area contributed by atoms with Crippen LogP contribution >= 0.6 is 11.8 Å². The van der Waals surface area contributed by atoms with Gasteiger partial charge in [0, 0.05) is 12.1 Å². The number of nitrogens with zero attached hydrogens (tertiary/aromatic N) is 3. The SMILES string of the molecule is CCCc1nnc2n1NC(c1ccc(OCC)cc1)C(C(=O)Nc1ccc(OCC)cc1)S2. The Kier molecular flexibility index (Phi) is 7.39. The third kappa shape index (κ3) is 5.24. The summed E-state index contributed by atoms with van der Waals surface area (Å²) in [6, 6.07) is 15.0. The third-order valence-corrected chi connectivity index (χ3v) is 6.43. The lowest BCUT2D eigenvalue weighted by Crippen LogP contribution is -2.41. The van der Waals surface area contributed by atoms with Gasteiger partial charge >= 0.3 is 0 Å². The van der Waals surface area contributed by atoms with E-state index in [0.29, 0.717) is 24.1 Å². The molecule has 9 heteroatoms. The van der Waals surface area contributed by atoms with Crippen LogP contribution < -0.4 is 20.2 Å². The summed E-state index contributed by atoms with van der Waals surface area (Å²) in [7, 11) is 0. The van der Waals surface area contributed by atoms with Gasteiger partial charge < -0.3 is 20.2 Å². The van der Waals surface area contributed by atoms with E-state index in [1.54, 1.807) is 0 Å². The number of aromatic nitrogens is 3. The maximum absolute atomic E-state index is 13.4. The molecular formula is C24H29N5O3S. The summed E-state index contributed by atoms with van der Waals surface area (Å²) in [5, 5.41) is 11.9. The van der Waals surface area contributed by atoms with Gasteiger partial charge in [-0.25, -0.2) is 4.68 Å². The van der Waals surface area contributed by atoms with E-state index in [9.17, 15) is 4.79 Å². The average molecular weight is 468 g/mol. The van der Waals surface area contributed by atoms with E-state index in [4.69, 9.17) is 9.47 Å². The summed E-state index contributed by atoms with van der Waals surface area (Å²) in [4.78, 5) is 13.4. The average Bonchev–Trinajstić information content (AvgIpc) is 3.22. The molecule has 0 spiro atoms. The zero-order valence-corrected chi connectivity index (χ0v) is 19.9. The van der Waals surface area contributed by atoms with Crippen LogP contribution in [0, 0.1) is 0 Å². The molecule has 1 aromatic heterocycles. The smallest absolute Gasteiger partial charge is 0.240 e. The van der Waals surface area contributed by atoms with E-state index >= 15 is 0 Å². The third-order valence-electron chi connectivity index (χ3n) is 5.22. The molecule has 174 valence electrons. The number of hydrogen-bond acceptors (Lipinski definition) is 7. The van der Waals surface area contributed by atoms with Gasteiger partial charge in [-0.3, -0.25) is 4.79 Å². The number of thioether (sulfide) groups is 1. The number of carbonyl (C=O) groups is 1. The number of carbonyl (C=O) groups excluding carboxylic acids is 1. The predicted molar refractivity (Wildman–Crippen MR) is 130 cm³/mol. The Morgan fingerprint density at radius 1 is 1.00 bits per heavy atom. The van der Waals surface area contributed by atoms with Crippen LogP contribution in [0.2, 0.25) is 0 Å².